The van der Waals surface area contributed by atoms with Crippen molar-refractivity contribution in [2.75, 3.05) is 0 Å². The number of pyridine rings is 1. The zero-order chi connectivity index (χ0) is 14.1. The summed E-state index contributed by atoms with van der Waals surface area (Å²) in [5, 5.41) is 13.4. The van der Waals surface area contributed by atoms with Crippen LogP contribution in [0.4, 0.5) is 0 Å². The van der Waals surface area contributed by atoms with Crippen LogP contribution in [0.3, 0.4) is 0 Å². The largest absolute Gasteiger partial charge is 0.506 e. The molecule has 0 saturated carbocycles. The molecule has 6 heteroatoms. The Labute approximate surface area is 123 Å². The number of nitrogens with zero attached hydrogens (tertiary/aromatic N) is 3. The van der Waals surface area contributed by atoms with E-state index in [1.165, 1.54) is 12.3 Å². The van der Waals surface area contributed by atoms with E-state index in [-0.39, 0.29) is 5.75 Å². The maximum absolute atomic E-state index is 9.42. The molecule has 0 radical (unpaired) electrons. The SMILES string of the molecule is Cc1cc(Br)ccc1-c1noc(-c2cncc(O)c2)n1. The molecule has 0 aliphatic carbocycles. The summed E-state index contributed by atoms with van der Waals surface area (Å²) in [5.41, 5.74) is 2.52. The van der Waals surface area contributed by atoms with Crippen LogP contribution in [-0.2, 0) is 0 Å². The van der Waals surface area contributed by atoms with Gasteiger partial charge in [-0.3, -0.25) is 4.98 Å². The number of benzene rings is 1. The lowest BCUT2D eigenvalue weighted by Crippen LogP contribution is -1.86. The van der Waals surface area contributed by atoms with Gasteiger partial charge >= 0.3 is 0 Å². The van der Waals surface area contributed by atoms with Crippen molar-refractivity contribution < 1.29 is 9.63 Å². The van der Waals surface area contributed by atoms with Crippen LogP contribution >= 0.6 is 15.9 Å². The lowest BCUT2D eigenvalue weighted by Gasteiger charge is -2.00. The van der Waals surface area contributed by atoms with Crippen molar-refractivity contribution in [2.24, 2.45) is 0 Å². The van der Waals surface area contributed by atoms with E-state index in [2.05, 4.69) is 31.1 Å². The summed E-state index contributed by atoms with van der Waals surface area (Å²) in [6.07, 6.45) is 2.91. The molecule has 5 nitrogen and oxygen atoms in total. The Kier molecular flexibility index (Phi) is 3.23. The lowest BCUT2D eigenvalue weighted by atomic mass is 10.1. The monoisotopic (exact) mass is 331 g/mol. The first-order chi connectivity index (χ1) is 9.63. The summed E-state index contributed by atoms with van der Waals surface area (Å²) in [4.78, 5) is 8.23. The molecule has 0 aliphatic rings. The Balaban J connectivity index is 2.02. The minimum Gasteiger partial charge on any atom is -0.506 e. The summed E-state index contributed by atoms with van der Waals surface area (Å²) >= 11 is 3.42. The van der Waals surface area contributed by atoms with Gasteiger partial charge in [-0.05, 0) is 36.8 Å². The Morgan fingerprint density at radius 3 is 2.80 bits per heavy atom. The molecule has 0 atom stereocenters. The van der Waals surface area contributed by atoms with E-state index in [1.807, 2.05) is 25.1 Å². The van der Waals surface area contributed by atoms with Crippen molar-refractivity contribution >= 4 is 15.9 Å². The van der Waals surface area contributed by atoms with Crippen LogP contribution in [0.15, 0.2) is 45.7 Å². The first-order valence-electron chi connectivity index (χ1n) is 5.88. The molecule has 3 rings (SSSR count). The first kappa shape index (κ1) is 12.8. The smallest absolute Gasteiger partial charge is 0.259 e. The highest BCUT2D eigenvalue weighted by atomic mass is 79.9. The van der Waals surface area contributed by atoms with Gasteiger partial charge in [-0.1, -0.05) is 21.1 Å². The molecule has 20 heavy (non-hydrogen) atoms. The van der Waals surface area contributed by atoms with Crippen molar-refractivity contribution in [3.8, 4) is 28.6 Å². The zero-order valence-electron chi connectivity index (χ0n) is 10.5. The summed E-state index contributed by atoms with van der Waals surface area (Å²) < 4.78 is 6.22. The predicted molar refractivity (Wildman–Crippen MR) is 77.1 cm³/mol. The van der Waals surface area contributed by atoms with Crippen LogP contribution in [0.2, 0.25) is 0 Å². The number of aromatic nitrogens is 3. The molecule has 1 N–H and O–H groups in total. The van der Waals surface area contributed by atoms with Crippen molar-refractivity contribution in [3.63, 3.8) is 0 Å². The number of aryl methyl sites for hydroxylation is 1. The molecule has 2 heterocycles. The van der Waals surface area contributed by atoms with Crippen molar-refractivity contribution in [1.82, 2.24) is 15.1 Å². The van der Waals surface area contributed by atoms with Gasteiger partial charge in [0.1, 0.15) is 5.75 Å². The molecule has 3 aromatic rings. The average Bonchev–Trinajstić information content (AvgIpc) is 2.88. The molecule has 0 saturated heterocycles. The molecular formula is C14H10BrN3O2. The molecule has 2 aromatic heterocycles. The first-order valence-corrected chi connectivity index (χ1v) is 6.67. The van der Waals surface area contributed by atoms with Crippen LogP contribution in [-0.4, -0.2) is 20.2 Å². The fourth-order valence-electron chi connectivity index (χ4n) is 1.87. The highest BCUT2D eigenvalue weighted by Crippen LogP contribution is 2.27. The molecule has 0 spiro atoms. The predicted octanol–water partition coefficient (Wildman–Crippen LogP) is 3.58. The van der Waals surface area contributed by atoms with Crippen LogP contribution in [0, 0.1) is 6.92 Å². The van der Waals surface area contributed by atoms with Crippen LogP contribution < -0.4 is 0 Å². The van der Waals surface area contributed by atoms with Gasteiger partial charge in [0.25, 0.3) is 5.89 Å². The van der Waals surface area contributed by atoms with Crippen molar-refractivity contribution in [3.05, 3.63) is 46.7 Å². The van der Waals surface area contributed by atoms with E-state index in [4.69, 9.17) is 4.52 Å². The van der Waals surface area contributed by atoms with Gasteiger partial charge in [-0.2, -0.15) is 4.98 Å². The van der Waals surface area contributed by atoms with E-state index >= 15 is 0 Å². The molecular weight excluding hydrogens is 322 g/mol. The lowest BCUT2D eigenvalue weighted by molar-refractivity contribution is 0.431. The van der Waals surface area contributed by atoms with E-state index in [9.17, 15) is 5.11 Å². The van der Waals surface area contributed by atoms with E-state index in [1.54, 1.807) is 6.20 Å². The van der Waals surface area contributed by atoms with Crippen molar-refractivity contribution in [1.29, 1.82) is 0 Å². The molecule has 0 unspecified atom stereocenters. The van der Waals surface area contributed by atoms with Crippen LogP contribution in [0.1, 0.15) is 5.56 Å². The Hall–Kier alpha value is -2.21. The minimum absolute atomic E-state index is 0.0575. The quantitative estimate of drug-likeness (QED) is 0.777. The van der Waals surface area contributed by atoms with Crippen molar-refractivity contribution in [2.45, 2.75) is 6.92 Å². The van der Waals surface area contributed by atoms with E-state index in [0.717, 1.165) is 15.6 Å². The van der Waals surface area contributed by atoms with E-state index in [0.29, 0.717) is 17.3 Å². The number of halogens is 1. The number of hydrogen-bond donors (Lipinski definition) is 1. The number of hydrogen-bond acceptors (Lipinski definition) is 5. The van der Waals surface area contributed by atoms with Gasteiger partial charge < -0.3 is 9.63 Å². The maximum atomic E-state index is 9.42. The van der Waals surface area contributed by atoms with Gasteiger partial charge in [-0.25, -0.2) is 0 Å². The van der Waals surface area contributed by atoms with Gasteiger partial charge in [0.15, 0.2) is 0 Å². The standard InChI is InChI=1S/C14H10BrN3O2/c1-8-4-10(15)2-3-12(8)13-17-14(20-18-13)9-5-11(19)7-16-6-9/h2-7,19H,1H3. The highest BCUT2D eigenvalue weighted by Gasteiger charge is 2.13. The summed E-state index contributed by atoms with van der Waals surface area (Å²) in [6, 6.07) is 7.36. The molecule has 0 amide bonds. The molecule has 0 fully saturated rings. The number of aromatic hydroxyl groups is 1. The zero-order valence-corrected chi connectivity index (χ0v) is 12.1. The maximum Gasteiger partial charge on any atom is 0.259 e. The van der Waals surface area contributed by atoms with Gasteiger partial charge in [-0.15, -0.1) is 0 Å². The second kappa shape index (κ2) is 5.05. The summed E-state index contributed by atoms with van der Waals surface area (Å²) in [7, 11) is 0. The van der Waals surface area contributed by atoms with Gasteiger partial charge in [0.05, 0.1) is 11.8 Å². The molecule has 0 aliphatic heterocycles. The second-order valence-electron chi connectivity index (χ2n) is 4.31. The van der Waals surface area contributed by atoms with E-state index < -0.39 is 0 Å². The Bertz CT molecular complexity index is 771. The van der Waals surface area contributed by atoms with Gasteiger partial charge in [0, 0.05) is 16.2 Å². The van der Waals surface area contributed by atoms with Crippen LogP contribution in [0.25, 0.3) is 22.8 Å². The highest BCUT2D eigenvalue weighted by molar-refractivity contribution is 9.10. The molecule has 0 bridgehead atoms. The topological polar surface area (TPSA) is 72.0 Å². The third kappa shape index (κ3) is 2.42. The third-order valence-corrected chi connectivity index (χ3v) is 3.32. The molecule has 100 valence electrons. The van der Waals surface area contributed by atoms with Gasteiger partial charge in [0.2, 0.25) is 5.82 Å². The fraction of sp³-hybridized carbons (Fsp3) is 0.0714. The summed E-state index contributed by atoms with van der Waals surface area (Å²) in [5.74, 6) is 0.890. The third-order valence-electron chi connectivity index (χ3n) is 2.83. The fourth-order valence-corrected chi connectivity index (χ4v) is 2.35. The Morgan fingerprint density at radius 1 is 1.20 bits per heavy atom. The average molecular weight is 332 g/mol. The second-order valence-corrected chi connectivity index (χ2v) is 5.23. The Morgan fingerprint density at radius 2 is 2.05 bits per heavy atom. The number of rotatable bonds is 2. The molecule has 1 aromatic carbocycles. The minimum atomic E-state index is 0.0575. The normalized spacial score (nSPS) is 10.7. The van der Waals surface area contributed by atoms with Crippen LogP contribution in [0.5, 0.6) is 5.75 Å². The summed E-state index contributed by atoms with van der Waals surface area (Å²) in [6.45, 7) is 1.98.